The second kappa shape index (κ2) is 20.7. The number of unbranched alkanes of at least 4 members (excludes halogenated alkanes) is 15. The Bertz CT molecular complexity index is 892. The lowest BCUT2D eigenvalue weighted by Crippen LogP contribution is -2.54. The molecule has 0 saturated carbocycles. The van der Waals surface area contributed by atoms with Crippen molar-refractivity contribution in [2.75, 3.05) is 38.6 Å². The molecule has 9 nitrogen and oxygen atoms in total. The number of aliphatic hydroxyl groups is 1. The maximum Gasteiger partial charge on any atom is 0.302 e. The van der Waals surface area contributed by atoms with Crippen molar-refractivity contribution in [2.45, 2.75) is 142 Å². The van der Waals surface area contributed by atoms with E-state index in [9.17, 15) is 14.7 Å². The highest BCUT2D eigenvalue weighted by molar-refractivity contribution is 5.99. The number of aryl methyl sites for hydroxylation is 1. The molecule has 0 aliphatic carbocycles. The Labute approximate surface area is 256 Å². The Balaban J connectivity index is 1.52. The van der Waals surface area contributed by atoms with Crippen molar-refractivity contribution in [1.29, 1.82) is 0 Å². The standard InChI is InChI=1S/C33H61N5O4/c1-6-7-8-9-10-11-12-15-18-21-24-35(3)26-29(42-28(2)39)23-20-17-14-13-16-19-22-25-38-32(40)30-31(34-27-36(30)4)37(5)33(38)41/h27,29,33,41H,6-26H2,1-5H3. The Hall–Kier alpha value is -2.13. The van der Waals surface area contributed by atoms with Gasteiger partial charge < -0.3 is 24.2 Å². The maximum atomic E-state index is 12.9. The van der Waals surface area contributed by atoms with Crippen molar-refractivity contribution < 1.29 is 19.4 Å². The molecule has 0 spiro atoms. The minimum Gasteiger partial charge on any atom is -0.461 e. The van der Waals surface area contributed by atoms with E-state index in [0.29, 0.717) is 18.1 Å². The fourth-order valence-corrected chi connectivity index (χ4v) is 5.97. The van der Waals surface area contributed by atoms with Gasteiger partial charge in [0, 0.05) is 34.1 Å². The number of esters is 1. The van der Waals surface area contributed by atoms with Gasteiger partial charge in [-0.05, 0) is 39.3 Å². The molecule has 1 aliphatic heterocycles. The van der Waals surface area contributed by atoms with Gasteiger partial charge in [0.1, 0.15) is 6.10 Å². The summed E-state index contributed by atoms with van der Waals surface area (Å²) in [6.45, 7) is 6.19. The monoisotopic (exact) mass is 591 g/mol. The number of aromatic nitrogens is 2. The van der Waals surface area contributed by atoms with E-state index in [1.54, 1.807) is 29.9 Å². The van der Waals surface area contributed by atoms with E-state index < -0.39 is 6.35 Å². The third kappa shape index (κ3) is 13.0. The number of hydrogen-bond acceptors (Lipinski definition) is 7. The number of nitrogens with zero attached hydrogens (tertiary/aromatic N) is 5. The van der Waals surface area contributed by atoms with Gasteiger partial charge in [-0.15, -0.1) is 0 Å². The van der Waals surface area contributed by atoms with Gasteiger partial charge in [-0.25, -0.2) is 4.98 Å². The van der Waals surface area contributed by atoms with Gasteiger partial charge in [0.15, 0.2) is 11.5 Å². The number of hydrogen-bond donors (Lipinski definition) is 1. The Morgan fingerprint density at radius 1 is 0.929 bits per heavy atom. The molecule has 9 heteroatoms. The molecule has 0 bridgehead atoms. The zero-order chi connectivity index (χ0) is 30.7. The van der Waals surface area contributed by atoms with E-state index in [1.165, 1.54) is 76.0 Å². The topological polar surface area (TPSA) is 91.1 Å². The van der Waals surface area contributed by atoms with E-state index in [0.717, 1.165) is 64.5 Å². The Morgan fingerprint density at radius 3 is 2.07 bits per heavy atom. The summed E-state index contributed by atoms with van der Waals surface area (Å²) in [5.74, 6) is 0.186. The van der Waals surface area contributed by atoms with Crippen LogP contribution < -0.4 is 4.90 Å². The summed E-state index contributed by atoms with van der Waals surface area (Å²) in [5.41, 5.74) is 0.528. The number of carbonyl (C=O) groups is 2. The molecule has 2 rings (SSSR count). The van der Waals surface area contributed by atoms with Gasteiger partial charge in [-0.1, -0.05) is 96.8 Å². The van der Waals surface area contributed by atoms with Crippen LogP contribution in [0, 0.1) is 0 Å². The van der Waals surface area contributed by atoms with Crippen LogP contribution in [0.2, 0.25) is 0 Å². The average Bonchev–Trinajstić information content (AvgIpc) is 3.34. The van der Waals surface area contributed by atoms with Crippen LogP contribution in [-0.2, 0) is 16.6 Å². The fraction of sp³-hybridized carbons (Fsp3) is 0.848. The van der Waals surface area contributed by atoms with Crippen molar-refractivity contribution in [2.24, 2.45) is 7.05 Å². The molecule has 2 atom stereocenters. The molecule has 1 aromatic heterocycles. The summed E-state index contributed by atoms with van der Waals surface area (Å²) in [7, 11) is 5.71. The number of aliphatic hydroxyl groups excluding tert-OH is 1. The van der Waals surface area contributed by atoms with Crippen LogP contribution in [-0.4, -0.2) is 82.5 Å². The number of rotatable bonds is 24. The van der Waals surface area contributed by atoms with Gasteiger partial charge >= 0.3 is 5.97 Å². The number of amides is 1. The van der Waals surface area contributed by atoms with Crippen molar-refractivity contribution in [3.8, 4) is 0 Å². The minimum absolute atomic E-state index is 0.0257. The summed E-state index contributed by atoms with van der Waals surface area (Å²) < 4.78 is 7.36. The summed E-state index contributed by atoms with van der Waals surface area (Å²) in [6.07, 6.45) is 22.5. The molecular formula is C33H61N5O4. The summed E-state index contributed by atoms with van der Waals surface area (Å²) in [4.78, 5) is 34.3. The van der Waals surface area contributed by atoms with Gasteiger partial charge in [-0.3, -0.25) is 14.5 Å². The van der Waals surface area contributed by atoms with E-state index in [2.05, 4.69) is 23.9 Å². The largest absolute Gasteiger partial charge is 0.461 e. The van der Waals surface area contributed by atoms with E-state index >= 15 is 0 Å². The first-order valence-corrected chi connectivity index (χ1v) is 16.8. The summed E-state index contributed by atoms with van der Waals surface area (Å²) in [5, 5.41) is 10.6. The van der Waals surface area contributed by atoms with Gasteiger partial charge in [0.25, 0.3) is 5.91 Å². The minimum atomic E-state index is -0.973. The maximum absolute atomic E-state index is 12.9. The number of imidazole rings is 1. The van der Waals surface area contributed by atoms with Crippen molar-refractivity contribution >= 4 is 17.7 Å². The lowest BCUT2D eigenvalue weighted by Gasteiger charge is -2.38. The van der Waals surface area contributed by atoms with Crippen LogP contribution in [0.5, 0.6) is 0 Å². The third-order valence-electron chi connectivity index (χ3n) is 8.51. The predicted molar refractivity (Wildman–Crippen MR) is 170 cm³/mol. The van der Waals surface area contributed by atoms with Crippen LogP contribution in [0.4, 0.5) is 5.82 Å². The van der Waals surface area contributed by atoms with Crippen LogP contribution >= 0.6 is 0 Å². The van der Waals surface area contributed by atoms with Crippen LogP contribution in [0.3, 0.4) is 0 Å². The van der Waals surface area contributed by atoms with E-state index in [1.807, 2.05) is 0 Å². The second-order valence-electron chi connectivity index (χ2n) is 12.4. The molecule has 0 aromatic carbocycles. The van der Waals surface area contributed by atoms with Gasteiger partial charge in [-0.2, -0.15) is 0 Å². The Kier molecular flexibility index (Phi) is 17.8. The highest BCUT2D eigenvalue weighted by atomic mass is 16.5. The van der Waals surface area contributed by atoms with E-state index in [-0.39, 0.29) is 18.0 Å². The molecule has 1 N–H and O–H groups in total. The molecule has 2 unspecified atom stereocenters. The molecule has 0 radical (unpaired) electrons. The average molecular weight is 592 g/mol. The lowest BCUT2D eigenvalue weighted by molar-refractivity contribution is -0.147. The molecule has 2 heterocycles. The number of carbonyl (C=O) groups excluding carboxylic acids is 2. The molecule has 242 valence electrons. The molecule has 1 aromatic rings. The van der Waals surface area contributed by atoms with Crippen LogP contribution in [0.15, 0.2) is 6.33 Å². The first-order valence-electron chi connectivity index (χ1n) is 16.8. The normalized spacial score (nSPS) is 15.9. The first kappa shape index (κ1) is 36.1. The number of fused-ring (bicyclic) bond motifs is 1. The van der Waals surface area contributed by atoms with Crippen molar-refractivity contribution in [3.63, 3.8) is 0 Å². The zero-order valence-corrected chi connectivity index (χ0v) is 27.5. The molecule has 1 amide bonds. The van der Waals surface area contributed by atoms with Crippen LogP contribution in [0.25, 0.3) is 0 Å². The molecular weight excluding hydrogens is 530 g/mol. The summed E-state index contributed by atoms with van der Waals surface area (Å²) >= 11 is 0. The highest BCUT2D eigenvalue weighted by Gasteiger charge is 2.37. The first-order chi connectivity index (χ1) is 20.3. The zero-order valence-electron chi connectivity index (χ0n) is 27.5. The lowest BCUT2D eigenvalue weighted by atomic mass is 10.1. The van der Waals surface area contributed by atoms with Gasteiger partial charge in [0.2, 0.25) is 6.35 Å². The number of anilines is 1. The predicted octanol–water partition coefficient (Wildman–Crippen LogP) is 6.49. The van der Waals surface area contributed by atoms with Gasteiger partial charge in [0.05, 0.1) is 6.33 Å². The van der Waals surface area contributed by atoms with E-state index in [4.69, 9.17) is 4.74 Å². The third-order valence-corrected chi connectivity index (χ3v) is 8.51. The Morgan fingerprint density at radius 2 is 1.48 bits per heavy atom. The summed E-state index contributed by atoms with van der Waals surface area (Å²) in [6, 6.07) is 0. The molecule has 1 aliphatic rings. The highest BCUT2D eigenvalue weighted by Crippen LogP contribution is 2.27. The number of likely N-dealkylation sites (N-methyl/N-ethyl adjacent to an activating group) is 1. The number of ether oxygens (including phenoxy) is 1. The second-order valence-corrected chi connectivity index (χ2v) is 12.4. The molecule has 0 fully saturated rings. The fourth-order valence-electron chi connectivity index (χ4n) is 5.97. The molecule has 42 heavy (non-hydrogen) atoms. The van der Waals surface area contributed by atoms with Crippen LogP contribution in [0.1, 0.15) is 140 Å². The smallest absolute Gasteiger partial charge is 0.302 e. The van der Waals surface area contributed by atoms with Crippen molar-refractivity contribution in [3.05, 3.63) is 12.0 Å². The molecule has 0 saturated heterocycles. The SMILES string of the molecule is CCCCCCCCCCCCN(C)CC(CCCCCCCCCN1C(=O)c2c(ncn2C)N(C)C1O)OC(C)=O. The van der Waals surface area contributed by atoms with Crippen molar-refractivity contribution in [1.82, 2.24) is 19.4 Å². The quantitative estimate of drug-likeness (QED) is 0.108.